The van der Waals surface area contributed by atoms with Crippen molar-refractivity contribution in [1.82, 2.24) is 0 Å². The Morgan fingerprint density at radius 3 is 2.32 bits per heavy atom. The largest absolute Gasteiger partial charge is 0.497 e. The molecule has 1 heterocycles. The molecule has 5 heteroatoms. The van der Waals surface area contributed by atoms with Gasteiger partial charge >= 0.3 is 5.97 Å². The second kappa shape index (κ2) is 7.13. The molecule has 1 aliphatic heterocycles. The molecule has 25 heavy (non-hydrogen) atoms. The van der Waals surface area contributed by atoms with Crippen LogP contribution in [0.15, 0.2) is 54.1 Å². The molecule has 0 aliphatic carbocycles. The van der Waals surface area contributed by atoms with Gasteiger partial charge < -0.3 is 18.9 Å². The number of carbonyl (C=O) groups is 1. The maximum Gasteiger partial charge on any atom is 0.343 e. The number of hydrogen-bond acceptors (Lipinski definition) is 5. The van der Waals surface area contributed by atoms with Crippen molar-refractivity contribution in [3.63, 3.8) is 0 Å². The molecule has 0 fully saturated rings. The molecule has 0 aromatic heterocycles. The van der Waals surface area contributed by atoms with Crippen molar-refractivity contribution >= 4 is 17.8 Å². The number of para-hydroxylation sites is 1. The van der Waals surface area contributed by atoms with Gasteiger partial charge in [0.05, 0.1) is 26.9 Å². The van der Waals surface area contributed by atoms with E-state index in [1.54, 1.807) is 39.5 Å². The van der Waals surface area contributed by atoms with E-state index in [0.29, 0.717) is 22.8 Å². The number of esters is 1. The van der Waals surface area contributed by atoms with Gasteiger partial charge in [-0.25, -0.2) is 4.79 Å². The topological polar surface area (TPSA) is 54.0 Å². The van der Waals surface area contributed by atoms with Crippen LogP contribution in [0.25, 0.3) is 11.8 Å². The molecular weight excluding hydrogens is 320 g/mol. The van der Waals surface area contributed by atoms with Crippen LogP contribution in [-0.4, -0.2) is 27.3 Å². The van der Waals surface area contributed by atoms with Crippen LogP contribution in [0.2, 0.25) is 0 Å². The highest BCUT2D eigenvalue weighted by atomic mass is 16.5. The second-order valence-electron chi connectivity index (χ2n) is 5.31. The average Bonchev–Trinajstić information content (AvgIpc) is 3.02. The third-order valence-corrected chi connectivity index (χ3v) is 3.84. The van der Waals surface area contributed by atoms with Crippen molar-refractivity contribution in [2.75, 3.05) is 21.3 Å². The summed E-state index contributed by atoms with van der Waals surface area (Å²) >= 11 is 0. The fraction of sp³-hybridized carbons (Fsp3) is 0.150. The summed E-state index contributed by atoms with van der Waals surface area (Å²) < 4.78 is 21.2. The summed E-state index contributed by atoms with van der Waals surface area (Å²) in [6.45, 7) is 0. The van der Waals surface area contributed by atoms with Crippen molar-refractivity contribution in [2.45, 2.75) is 0 Å². The van der Waals surface area contributed by atoms with E-state index in [4.69, 9.17) is 18.9 Å². The molecule has 0 atom stereocenters. The predicted octanol–water partition coefficient (Wildman–Crippen LogP) is 3.69. The summed E-state index contributed by atoms with van der Waals surface area (Å²) in [5, 5.41) is 0. The Kier molecular flexibility index (Phi) is 4.75. The Balaban J connectivity index is 1.96. The molecule has 3 rings (SSSR count). The molecule has 2 aromatic rings. The molecule has 0 amide bonds. The van der Waals surface area contributed by atoms with E-state index in [2.05, 4.69) is 0 Å². The minimum absolute atomic E-state index is 0.407. The van der Waals surface area contributed by atoms with Gasteiger partial charge in [0, 0.05) is 11.1 Å². The summed E-state index contributed by atoms with van der Waals surface area (Å²) in [6, 6.07) is 12.8. The molecule has 5 nitrogen and oxygen atoms in total. The van der Waals surface area contributed by atoms with Gasteiger partial charge in [-0.05, 0) is 42.5 Å². The standard InChI is InChI=1S/C20H18O5/c1-22-16-9-7-13(8-10-16)18-12-15(20(21)25-18)11-14-5-4-6-17(23-2)19(14)24-3/h4-12H,1-3H3/b15-11+. The molecule has 0 spiro atoms. The predicted molar refractivity (Wildman–Crippen MR) is 94.6 cm³/mol. The molecule has 0 N–H and O–H groups in total. The SMILES string of the molecule is COc1ccc(C2=C/C(=C\c3cccc(OC)c3OC)C(=O)O2)cc1. The maximum atomic E-state index is 12.2. The summed E-state index contributed by atoms with van der Waals surface area (Å²) in [7, 11) is 4.73. The van der Waals surface area contributed by atoms with Gasteiger partial charge in [0.1, 0.15) is 11.5 Å². The number of ether oxygens (including phenoxy) is 4. The van der Waals surface area contributed by atoms with Gasteiger partial charge in [0.25, 0.3) is 0 Å². The lowest BCUT2D eigenvalue weighted by atomic mass is 10.1. The Morgan fingerprint density at radius 2 is 1.68 bits per heavy atom. The van der Waals surface area contributed by atoms with Crippen molar-refractivity contribution in [2.24, 2.45) is 0 Å². The van der Waals surface area contributed by atoms with Crippen LogP contribution in [0.3, 0.4) is 0 Å². The average molecular weight is 338 g/mol. The fourth-order valence-corrected chi connectivity index (χ4v) is 2.58. The summed E-state index contributed by atoms with van der Waals surface area (Å²) in [6.07, 6.45) is 3.43. The monoisotopic (exact) mass is 338 g/mol. The van der Waals surface area contributed by atoms with E-state index in [0.717, 1.165) is 16.9 Å². The van der Waals surface area contributed by atoms with Crippen LogP contribution in [0.4, 0.5) is 0 Å². The number of cyclic esters (lactones) is 1. The van der Waals surface area contributed by atoms with Gasteiger partial charge in [-0.2, -0.15) is 0 Å². The molecule has 0 bridgehead atoms. The molecular formula is C20H18O5. The van der Waals surface area contributed by atoms with Crippen molar-refractivity contribution in [3.05, 3.63) is 65.2 Å². The quantitative estimate of drug-likeness (QED) is 0.615. The Hall–Kier alpha value is -3.21. The molecule has 0 saturated carbocycles. The van der Waals surface area contributed by atoms with E-state index < -0.39 is 5.97 Å². The maximum absolute atomic E-state index is 12.2. The third-order valence-electron chi connectivity index (χ3n) is 3.84. The first kappa shape index (κ1) is 16.6. The number of methoxy groups -OCH3 is 3. The number of hydrogen-bond donors (Lipinski definition) is 0. The van der Waals surface area contributed by atoms with Gasteiger partial charge in [-0.1, -0.05) is 12.1 Å². The zero-order chi connectivity index (χ0) is 17.8. The molecule has 2 aromatic carbocycles. The van der Waals surface area contributed by atoms with Gasteiger partial charge in [0.15, 0.2) is 11.5 Å². The first-order valence-corrected chi connectivity index (χ1v) is 7.67. The van der Waals surface area contributed by atoms with Crippen LogP contribution in [0, 0.1) is 0 Å². The van der Waals surface area contributed by atoms with E-state index in [1.165, 1.54) is 0 Å². The first-order valence-electron chi connectivity index (χ1n) is 7.67. The zero-order valence-corrected chi connectivity index (χ0v) is 14.2. The van der Waals surface area contributed by atoms with E-state index in [-0.39, 0.29) is 0 Å². The molecule has 0 saturated heterocycles. The minimum Gasteiger partial charge on any atom is -0.497 e. The highest BCUT2D eigenvalue weighted by molar-refractivity contribution is 6.05. The number of benzene rings is 2. The highest BCUT2D eigenvalue weighted by Gasteiger charge is 2.22. The van der Waals surface area contributed by atoms with Gasteiger partial charge in [0.2, 0.25) is 0 Å². The Bertz CT molecular complexity index is 847. The Morgan fingerprint density at radius 1 is 0.920 bits per heavy atom. The van der Waals surface area contributed by atoms with Gasteiger partial charge in [-0.15, -0.1) is 0 Å². The second-order valence-corrected chi connectivity index (χ2v) is 5.31. The van der Waals surface area contributed by atoms with Crippen LogP contribution in [0.1, 0.15) is 11.1 Å². The number of carbonyl (C=O) groups excluding carboxylic acids is 1. The lowest BCUT2D eigenvalue weighted by Crippen LogP contribution is -1.98. The lowest BCUT2D eigenvalue weighted by Gasteiger charge is -2.10. The third kappa shape index (κ3) is 3.35. The smallest absolute Gasteiger partial charge is 0.343 e. The molecule has 1 aliphatic rings. The van der Waals surface area contributed by atoms with E-state index in [9.17, 15) is 4.79 Å². The van der Waals surface area contributed by atoms with Gasteiger partial charge in [-0.3, -0.25) is 0 Å². The van der Waals surface area contributed by atoms with Crippen LogP contribution >= 0.6 is 0 Å². The van der Waals surface area contributed by atoms with Crippen molar-refractivity contribution in [1.29, 1.82) is 0 Å². The normalized spacial score (nSPS) is 14.9. The fourth-order valence-electron chi connectivity index (χ4n) is 2.58. The minimum atomic E-state index is -0.407. The first-order chi connectivity index (χ1) is 12.2. The summed E-state index contributed by atoms with van der Waals surface area (Å²) in [5.41, 5.74) is 1.98. The lowest BCUT2D eigenvalue weighted by molar-refractivity contribution is -0.130. The Labute approximate surface area is 146 Å². The van der Waals surface area contributed by atoms with E-state index >= 15 is 0 Å². The van der Waals surface area contributed by atoms with Crippen molar-refractivity contribution < 1.29 is 23.7 Å². The summed E-state index contributed by atoms with van der Waals surface area (Å²) in [5.74, 6) is 2.00. The molecule has 0 radical (unpaired) electrons. The molecule has 0 unspecified atom stereocenters. The molecule has 128 valence electrons. The number of rotatable bonds is 5. The zero-order valence-electron chi connectivity index (χ0n) is 14.2. The summed E-state index contributed by atoms with van der Waals surface area (Å²) in [4.78, 5) is 12.2. The highest BCUT2D eigenvalue weighted by Crippen LogP contribution is 2.34. The van der Waals surface area contributed by atoms with Crippen LogP contribution in [0.5, 0.6) is 17.2 Å². The van der Waals surface area contributed by atoms with E-state index in [1.807, 2.05) is 36.4 Å². The van der Waals surface area contributed by atoms with Crippen LogP contribution in [-0.2, 0) is 9.53 Å². The van der Waals surface area contributed by atoms with Crippen LogP contribution < -0.4 is 14.2 Å². The van der Waals surface area contributed by atoms with Crippen molar-refractivity contribution in [3.8, 4) is 17.2 Å².